The van der Waals surface area contributed by atoms with Crippen molar-refractivity contribution in [2.24, 2.45) is 4.99 Å². The average Bonchev–Trinajstić information content (AvgIpc) is 3.18. The van der Waals surface area contributed by atoms with E-state index in [9.17, 15) is 24.8 Å². The highest BCUT2D eigenvalue weighted by atomic mass is 32.1. The molecule has 1 aromatic heterocycles. The van der Waals surface area contributed by atoms with Crippen LogP contribution in [-0.2, 0) is 9.53 Å². The van der Waals surface area contributed by atoms with Gasteiger partial charge in [-0.2, -0.15) is 0 Å². The molecule has 3 aromatic rings. The van der Waals surface area contributed by atoms with Gasteiger partial charge in [-0.1, -0.05) is 23.5 Å². The highest BCUT2D eigenvalue weighted by Crippen LogP contribution is 2.38. The molecule has 0 saturated carbocycles. The molecule has 0 radical (unpaired) electrons. The Bertz CT molecular complexity index is 1620. The minimum atomic E-state index is -0.957. The number of aromatic hydroxyl groups is 1. The smallest absolute Gasteiger partial charge is 0.338 e. The van der Waals surface area contributed by atoms with E-state index in [1.807, 2.05) is 0 Å². The zero-order chi connectivity index (χ0) is 26.9. The van der Waals surface area contributed by atoms with E-state index in [1.165, 1.54) is 37.0 Å². The van der Waals surface area contributed by atoms with E-state index in [0.717, 1.165) is 17.4 Å². The summed E-state index contributed by atoms with van der Waals surface area (Å²) >= 11 is 1.02. The maximum atomic E-state index is 13.7. The number of benzene rings is 2. The van der Waals surface area contributed by atoms with Gasteiger partial charge in [0.05, 0.1) is 41.6 Å². The van der Waals surface area contributed by atoms with Crippen LogP contribution in [0.1, 0.15) is 31.0 Å². The van der Waals surface area contributed by atoms with E-state index in [4.69, 9.17) is 14.2 Å². The molecule has 11 nitrogen and oxygen atoms in total. The third-order valence-electron chi connectivity index (χ3n) is 5.78. The first kappa shape index (κ1) is 25.6. The number of phenols is 1. The number of carbonyl (C=O) groups is 1. The van der Waals surface area contributed by atoms with E-state index in [0.29, 0.717) is 27.6 Å². The molecule has 12 heteroatoms. The highest BCUT2D eigenvalue weighted by Gasteiger charge is 2.35. The van der Waals surface area contributed by atoms with Gasteiger partial charge in [-0.3, -0.25) is 19.5 Å². The average molecular weight is 526 g/mol. The highest BCUT2D eigenvalue weighted by molar-refractivity contribution is 7.07. The molecule has 0 saturated heterocycles. The third-order valence-corrected chi connectivity index (χ3v) is 6.76. The lowest BCUT2D eigenvalue weighted by atomic mass is 9.94. The standard InChI is InChI=1S/C25H23N3O8S/c1-5-36-24(31)20-13(2)26-25-27(21(20)16-12-15(34-3)9-10-18(16)35-4)23(30)19(37-25)11-14-7-6-8-17(22(14)29)28(32)33/h6-12,21,29H,5H2,1-4H3/b19-11-. The second-order valence-electron chi connectivity index (χ2n) is 7.88. The topological polar surface area (TPSA) is 142 Å². The van der Waals surface area contributed by atoms with E-state index in [-0.39, 0.29) is 22.3 Å². The van der Waals surface area contributed by atoms with Crippen LogP contribution in [0.4, 0.5) is 5.69 Å². The van der Waals surface area contributed by atoms with Crippen LogP contribution in [0.15, 0.2) is 57.5 Å². The normalized spacial score (nSPS) is 15.1. The molecular formula is C25H23N3O8S. The molecule has 0 amide bonds. The number of allylic oxidation sites excluding steroid dienone is 1. The monoisotopic (exact) mass is 525 g/mol. The molecule has 37 heavy (non-hydrogen) atoms. The minimum absolute atomic E-state index is 0.0938. The molecule has 1 unspecified atom stereocenters. The van der Waals surface area contributed by atoms with E-state index in [2.05, 4.69) is 4.99 Å². The molecule has 1 atom stereocenters. The number of nitrogens with zero attached hydrogens (tertiary/aromatic N) is 3. The minimum Gasteiger partial charge on any atom is -0.502 e. The summed E-state index contributed by atoms with van der Waals surface area (Å²) in [6, 6.07) is 8.11. The number of ether oxygens (including phenoxy) is 3. The molecule has 2 heterocycles. The summed E-state index contributed by atoms with van der Waals surface area (Å²) in [5.41, 5.74) is 0.0889. The number of nitro groups is 1. The molecule has 0 aliphatic carbocycles. The molecule has 4 rings (SSSR count). The number of hydrogen-bond acceptors (Lipinski definition) is 10. The SMILES string of the molecule is CCOC(=O)C1=C(C)N=c2s/c(=C\c3cccc([N+](=O)[O-])c3O)c(=O)n2C1c1cc(OC)ccc1OC. The lowest BCUT2D eigenvalue weighted by Gasteiger charge is -2.26. The van der Waals surface area contributed by atoms with E-state index >= 15 is 0 Å². The number of carbonyl (C=O) groups excluding carboxylic acids is 1. The summed E-state index contributed by atoms with van der Waals surface area (Å²) in [5.74, 6) is -0.303. The second-order valence-corrected chi connectivity index (χ2v) is 8.89. The summed E-state index contributed by atoms with van der Waals surface area (Å²) in [5, 5.41) is 21.6. The third kappa shape index (κ3) is 4.58. The van der Waals surface area contributed by atoms with Crippen molar-refractivity contribution < 1.29 is 29.0 Å². The van der Waals surface area contributed by atoms with Crippen molar-refractivity contribution in [3.8, 4) is 17.2 Å². The predicted octanol–water partition coefficient (Wildman–Crippen LogP) is 2.43. The maximum Gasteiger partial charge on any atom is 0.338 e. The maximum absolute atomic E-state index is 13.7. The van der Waals surface area contributed by atoms with Crippen LogP contribution in [0.2, 0.25) is 0 Å². The zero-order valence-corrected chi connectivity index (χ0v) is 21.2. The Hall–Kier alpha value is -4.45. The van der Waals surface area contributed by atoms with E-state index < -0.39 is 33.9 Å². The number of esters is 1. The molecule has 192 valence electrons. The number of methoxy groups -OCH3 is 2. The Kier molecular flexibility index (Phi) is 7.11. The Labute approximate surface area is 214 Å². The van der Waals surface area contributed by atoms with Gasteiger partial charge in [-0.25, -0.2) is 9.79 Å². The largest absolute Gasteiger partial charge is 0.502 e. The number of thiazole rings is 1. The van der Waals surface area contributed by atoms with Crippen LogP contribution in [0, 0.1) is 10.1 Å². The summed E-state index contributed by atoms with van der Waals surface area (Å²) in [7, 11) is 2.97. The van der Waals surface area contributed by atoms with Crippen molar-refractivity contribution in [1.29, 1.82) is 0 Å². The number of nitro benzene ring substituents is 1. The quantitative estimate of drug-likeness (QED) is 0.282. The Balaban J connectivity index is 2.03. The van der Waals surface area contributed by atoms with Gasteiger partial charge in [-0.05, 0) is 38.1 Å². The van der Waals surface area contributed by atoms with Gasteiger partial charge in [0.15, 0.2) is 4.80 Å². The van der Waals surface area contributed by atoms with Crippen molar-refractivity contribution in [2.75, 3.05) is 20.8 Å². The van der Waals surface area contributed by atoms with Crippen LogP contribution in [-0.4, -0.2) is 41.4 Å². The zero-order valence-electron chi connectivity index (χ0n) is 20.4. The first-order valence-corrected chi connectivity index (χ1v) is 11.9. The number of aromatic nitrogens is 1. The first-order valence-electron chi connectivity index (χ1n) is 11.1. The molecule has 1 aliphatic heterocycles. The van der Waals surface area contributed by atoms with Crippen LogP contribution >= 0.6 is 11.3 Å². The van der Waals surface area contributed by atoms with Gasteiger partial charge >= 0.3 is 11.7 Å². The Morgan fingerprint density at radius 2 is 2.03 bits per heavy atom. The molecule has 0 fully saturated rings. The fraction of sp³-hybridized carbons (Fsp3) is 0.240. The Morgan fingerprint density at radius 1 is 1.27 bits per heavy atom. The number of rotatable bonds is 7. The molecule has 1 aliphatic rings. The summed E-state index contributed by atoms with van der Waals surface area (Å²) in [4.78, 5) is 42.1. The van der Waals surface area contributed by atoms with Crippen LogP contribution in [0.25, 0.3) is 6.08 Å². The predicted molar refractivity (Wildman–Crippen MR) is 135 cm³/mol. The fourth-order valence-corrected chi connectivity index (χ4v) is 5.13. The second kappa shape index (κ2) is 10.3. The molecule has 2 aromatic carbocycles. The van der Waals surface area contributed by atoms with Crippen LogP contribution in [0.5, 0.6) is 17.2 Å². The number of phenolic OH excluding ortho intramolecular Hbond substituents is 1. The van der Waals surface area contributed by atoms with Gasteiger partial charge < -0.3 is 19.3 Å². The molecule has 0 bridgehead atoms. The molecule has 0 spiro atoms. The summed E-state index contributed by atoms with van der Waals surface area (Å²) in [6.07, 6.45) is 1.36. The van der Waals surface area contributed by atoms with Crippen molar-refractivity contribution >= 4 is 29.1 Å². The lowest BCUT2D eigenvalue weighted by Crippen LogP contribution is -2.40. The van der Waals surface area contributed by atoms with Gasteiger partial charge in [-0.15, -0.1) is 0 Å². The van der Waals surface area contributed by atoms with Gasteiger partial charge in [0, 0.05) is 17.2 Å². The first-order chi connectivity index (χ1) is 17.7. The lowest BCUT2D eigenvalue weighted by molar-refractivity contribution is -0.385. The van der Waals surface area contributed by atoms with Crippen molar-refractivity contribution in [2.45, 2.75) is 19.9 Å². The summed E-state index contributed by atoms with van der Waals surface area (Å²) < 4.78 is 17.7. The molecule has 1 N–H and O–H groups in total. The number of fused-ring (bicyclic) bond motifs is 1. The summed E-state index contributed by atoms with van der Waals surface area (Å²) in [6.45, 7) is 3.44. The van der Waals surface area contributed by atoms with Gasteiger partial charge in [0.1, 0.15) is 17.5 Å². The molecular weight excluding hydrogens is 502 g/mol. The van der Waals surface area contributed by atoms with Crippen molar-refractivity contribution in [3.05, 3.63) is 88.6 Å². The van der Waals surface area contributed by atoms with E-state index in [1.54, 1.807) is 32.0 Å². The van der Waals surface area contributed by atoms with Crippen LogP contribution in [0.3, 0.4) is 0 Å². The fourth-order valence-electron chi connectivity index (χ4n) is 4.09. The van der Waals surface area contributed by atoms with Gasteiger partial charge in [0.25, 0.3) is 5.56 Å². The van der Waals surface area contributed by atoms with Gasteiger partial charge in [0.2, 0.25) is 5.75 Å². The number of hydrogen-bond donors (Lipinski definition) is 1. The van der Waals surface area contributed by atoms with Crippen LogP contribution < -0.4 is 24.4 Å². The van der Waals surface area contributed by atoms with Crippen molar-refractivity contribution in [1.82, 2.24) is 4.57 Å². The van der Waals surface area contributed by atoms with Crippen molar-refractivity contribution in [3.63, 3.8) is 0 Å². The Morgan fingerprint density at radius 3 is 2.68 bits per heavy atom. The number of para-hydroxylation sites is 1.